The number of aryl methyl sites for hydroxylation is 1. The van der Waals surface area contributed by atoms with Gasteiger partial charge in [-0.2, -0.15) is 0 Å². The molecule has 1 aliphatic rings. The summed E-state index contributed by atoms with van der Waals surface area (Å²) < 4.78 is 27.0. The molecule has 0 aliphatic heterocycles. The molecule has 0 aromatic heterocycles. The maximum atomic E-state index is 12.2. The Hall–Kier alpha value is -0.620. The van der Waals surface area contributed by atoms with E-state index in [-0.39, 0.29) is 16.9 Å². The Balaban J connectivity index is 2.01. The number of benzene rings is 1. The average molecular weight is 318 g/mol. The molecule has 4 nitrogen and oxygen atoms in total. The van der Waals surface area contributed by atoms with E-state index in [1.54, 1.807) is 12.1 Å². The molecule has 1 aliphatic carbocycles. The third kappa shape index (κ3) is 3.95. The van der Waals surface area contributed by atoms with Gasteiger partial charge >= 0.3 is 0 Å². The van der Waals surface area contributed by atoms with Crippen molar-refractivity contribution < 1.29 is 13.5 Å². The number of rotatable bonds is 4. The molecule has 6 heteroatoms. The number of aliphatic hydroxyl groups is 1. The normalized spacial score (nSPS) is 23.8. The van der Waals surface area contributed by atoms with Crippen molar-refractivity contribution >= 4 is 21.6 Å². The topological polar surface area (TPSA) is 66.4 Å². The van der Waals surface area contributed by atoms with Crippen molar-refractivity contribution in [3.8, 4) is 0 Å². The number of hydrogen-bond donors (Lipinski definition) is 2. The van der Waals surface area contributed by atoms with Crippen molar-refractivity contribution in [2.45, 2.75) is 43.6 Å². The molecule has 1 aromatic rings. The van der Waals surface area contributed by atoms with Gasteiger partial charge < -0.3 is 5.11 Å². The first-order valence-corrected chi connectivity index (χ1v) is 8.68. The molecular formula is C14H20ClNO3S. The zero-order valence-electron chi connectivity index (χ0n) is 11.5. The lowest BCUT2D eigenvalue weighted by Crippen LogP contribution is -2.33. The van der Waals surface area contributed by atoms with Gasteiger partial charge in [0, 0.05) is 11.6 Å². The fourth-order valence-electron chi connectivity index (χ4n) is 2.50. The largest absolute Gasteiger partial charge is 0.393 e. The second kappa shape index (κ2) is 6.43. The standard InChI is InChI=1S/C14H20ClNO3S/c1-10-5-6-13(8-14(10)15)20(18,19)16-9-11-3-2-4-12(17)7-11/h5-6,8,11-12,16-17H,2-4,7,9H2,1H3/t11-,12-/m1/s1. The molecule has 0 heterocycles. The van der Waals surface area contributed by atoms with E-state index in [9.17, 15) is 13.5 Å². The van der Waals surface area contributed by atoms with Crippen LogP contribution in [0.4, 0.5) is 0 Å². The average Bonchev–Trinajstić information content (AvgIpc) is 2.40. The minimum Gasteiger partial charge on any atom is -0.393 e. The third-order valence-electron chi connectivity index (χ3n) is 3.77. The van der Waals surface area contributed by atoms with Crippen molar-refractivity contribution in [3.63, 3.8) is 0 Å². The molecule has 2 N–H and O–H groups in total. The van der Waals surface area contributed by atoms with Crippen LogP contribution in [-0.2, 0) is 10.0 Å². The predicted molar refractivity (Wildman–Crippen MR) is 79.3 cm³/mol. The molecule has 1 fully saturated rings. The van der Waals surface area contributed by atoms with Gasteiger partial charge in [-0.15, -0.1) is 0 Å². The molecule has 0 radical (unpaired) electrons. The summed E-state index contributed by atoms with van der Waals surface area (Å²) in [5, 5.41) is 10.0. The van der Waals surface area contributed by atoms with Crippen molar-refractivity contribution in [1.29, 1.82) is 0 Å². The van der Waals surface area contributed by atoms with E-state index in [0.29, 0.717) is 18.0 Å². The van der Waals surface area contributed by atoms with Gasteiger partial charge in [-0.25, -0.2) is 13.1 Å². The summed E-state index contributed by atoms with van der Waals surface area (Å²) in [4.78, 5) is 0.185. The van der Waals surface area contributed by atoms with Crippen LogP contribution < -0.4 is 4.72 Å². The lowest BCUT2D eigenvalue weighted by atomic mass is 9.87. The van der Waals surface area contributed by atoms with Gasteiger partial charge in [0.05, 0.1) is 11.0 Å². The summed E-state index contributed by atoms with van der Waals surface area (Å²) in [7, 11) is -3.53. The first-order valence-electron chi connectivity index (χ1n) is 6.82. The van der Waals surface area contributed by atoms with Crippen LogP contribution in [0.3, 0.4) is 0 Å². The fourth-order valence-corrected chi connectivity index (χ4v) is 3.89. The minimum atomic E-state index is -3.53. The number of hydrogen-bond acceptors (Lipinski definition) is 3. The summed E-state index contributed by atoms with van der Waals surface area (Å²) in [5.74, 6) is 0.203. The fraction of sp³-hybridized carbons (Fsp3) is 0.571. The first-order chi connectivity index (χ1) is 9.38. The zero-order chi connectivity index (χ0) is 14.8. The lowest BCUT2D eigenvalue weighted by Gasteiger charge is -2.25. The van der Waals surface area contributed by atoms with E-state index in [2.05, 4.69) is 4.72 Å². The van der Waals surface area contributed by atoms with E-state index in [1.165, 1.54) is 6.07 Å². The van der Waals surface area contributed by atoms with E-state index >= 15 is 0 Å². The van der Waals surface area contributed by atoms with Crippen LogP contribution in [0.5, 0.6) is 0 Å². The quantitative estimate of drug-likeness (QED) is 0.896. The maximum Gasteiger partial charge on any atom is 0.240 e. The summed E-state index contributed by atoms with van der Waals surface area (Å²) >= 11 is 5.96. The Labute approximate surface area is 125 Å². The van der Waals surface area contributed by atoms with Crippen LogP contribution in [0.15, 0.2) is 23.1 Å². The summed E-state index contributed by atoms with van der Waals surface area (Å²) in [6.45, 7) is 2.19. The molecule has 0 unspecified atom stereocenters. The molecule has 2 atom stereocenters. The molecule has 0 amide bonds. The molecule has 0 bridgehead atoms. The van der Waals surface area contributed by atoms with Crippen LogP contribution >= 0.6 is 11.6 Å². The molecule has 1 saturated carbocycles. The predicted octanol–water partition coefficient (Wildman–Crippen LogP) is 2.48. The number of nitrogens with one attached hydrogen (secondary N) is 1. The Kier molecular flexibility index (Phi) is 5.07. The van der Waals surface area contributed by atoms with E-state index in [0.717, 1.165) is 24.8 Å². The van der Waals surface area contributed by atoms with Crippen LogP contribution in [-0.4, -0.2) is 26.2 Å². The summed E-state index contributed by atoms with van der Waals surface area (Å²) in [6, 6.07) is 4.72. The van der Waals surface area contributed by atoms with Crippen molar-refractivity contribution in [1.82, 2.24) is 4.72 Å². The van der Waals surface area contributed by atoms with Crippen LogP contribution in [0.1, 0.15) is 31.2 Å². The highest BCUT2D eigenvalue weighted by Crippen LogP contribution is 2.24. The molecule has 20 heavy (non-hydrogen) atoms. The number of aliphatic hydroxyl groups excluding tert-OH is 1. The molecular weight excluding hydrogens is 298 g/mol. The first kappa shape index (κ1) is 15.8. The van der Waals surface area contributed by atoms with Gasteiger partial charge in [-0.3, -0.25) is 0 Å². The number of halogens is 1. The van der Waals surface area contributed by atoms with Crippen molar-refractivity contribution in [2.75, 3.05) is 6.54 Å². The highest BCUT2D eigenvalue weighted by atomic mass is 35.5. The van der Waals surface area contributed by atoms with Gasteiger partial charge in [0.15, 0.2) is 0 Å². The number of sulfonamides is 1. The Morgan fingerprint density at radius 1 is 1.40 bits per heavy atom. The second-order valence-electron chi connectivity index (χ2n) is 5.45. The smallest absolute Gasteiger partial charge is 0.240 e. The molecule has 0 spiro atoms. The maximum absolute atomic E-state index is 12.2. The summed E-state index contributed by atoms with van der Waals surface area (Å²) in [6.07, 6.45) is 3.08. The molecule has 2 rings (SSSR count). The SMILES string of the molecule is Cc1ccc(S(=O)(=O)NC[C@@H]2CCC[C@@H](O)C2)cc1Cl. The highest BCUT2D eigenvalue weighted by Gasteiger charge is 2.22. The van der Waals surface area contributed by atoms with Crippen molar-refractivity contribution in [2.24, 2.45) is 5.92 Å². The molecule has 1 aromatic carbocycles. The van der Waals surface area contributed by atoms with Gasteiger partial charge in [0.2, 0.25) is 10.0 Å². The van der Waals surface area contributed by atoms with Gasteiger partial charge in [0.25, 0.3) is 0 Å². The molecule has 0 saturated heterocycles. The van der Waals surface area contributed by atoms with Gasteiger partial charge in [-0.05, 0) is 49.8 Å². The van der Waals surface area contributed by atoms with Gasteiger partial charge in [0.1, 0.15) is 0 Å². The second-order valence-corrected chi connectivity index (χ2v) is 7.62. The Morgan fingerprint density at radius 3 is 2.80 bits per heavy atom. The summed E-state index contributed by atoms with van der Waals surface area (Å²) in [5.41, 5.74) is 0.848. The van der Waals surface area contributed by atoms with E-state index < -0.39 is 10.0 Å². The van der Waals surface area contributed by atoms with Crippen molar-refractivity contribution in [3.05, 3.63) is 28.8 Å². The Bertz CT molecular complexity index is 574. The van der Waals surface area contributed by atoms with E-state index in [1.807, 2.05) is 6.92 Å². The highest BCUT2D eigenvalue weighted by molar-refractivity contribution is 7.89. The zero-order valence-corrected chi connectivity index (χ0v) is 13.0. The Morgan fingerprint density at radius 2 is 2.15 bits per heavy atom. The minimum absolute atomic E-state index is 0.185. The van der Waals surface area contributed by atoms with Crippen LogP contribution in [0, 0.1) is 12.8 Å². The van der Waals surface area contributed by atoms with Crippen LogP contribution in [0.25, 0.3) is 0 Å². The van der Waals surface area contributed by atoms with E-state index in [4.69, 9.17) is 11.6 Å². The third-order valence-corrected chi connectivity index (χ3v) is 5.60. The lowest BCUT2D eigenvalue weighted by molar-refractivity contribution is 0.102. The monoisotopic (exact) mass is 317 g/mol. The molecule has 112 valence electrons. The van der Waals surface area contributed by atoms with Crippen LogP contribution in [0.2, 0.25) is 5.02 Å². The van der Waals surface area contributed by atoms with Gasteiger partial charge in [-0.1, -0.05) is 24.1 Å².